The third kappa shape index (κ3) is 13.8. The fourth-order valence-electron chi connectivity index (χ4n) is 2.22. The first-order valence-corrected chi connectivity index (χ1v) is 13.1. The second-order valence-electron chi connectivity index (χ2n) is 5.22. The van der Waals surface area contributed by atoms with Crippen molar-refractivity contribution in [1.29, 1.82) is 0 Å². The van der Waals surface area contributed by atoms with Crippen molar-refractivity contribution < 1.29 is 0 Å². The van der Waals surface area contributed by atoms with Gasteiger partial charge in [0.1, 0.15) is 0 Å². The van der Waals surface area contributed by atoms with E-state index in [1.807, 2.05) is 47.0 Å². The minimum absolute atomic E-state index is 0.605. The fourth-order valence-corrected chi connectivity index (χ4v) is 6.52. The first kappa shape index (κ1) is 23.9. The Morgan fingerprint density at radius 3 is 1.43 bits per heavy atom. The van der Waals surface area contributed by atoms with E-state index < -0.39 is 0 Å². The van der Waals surface area contributed by atoms with E-state index in [0.717, 1.165) is 0 Å². The van der Waals surface area contributed by atoms with Gasteiger partial charge in [-0.2, -0.15) is 0 Å². The third-order valence-electron chi connectivity index (χ3n) is 3.24. The van der Waals surface area contributed by atoms with Crippen LogP contribution < -0.4 is 0 Å². The van der Waals surface area contributed by atoms with Crippen LogP contribution in [0.4, 0.5) is 0 Å². The van der Waals surface area contributed by atoms with Gasteiger partial charge in [-0.25, -0.2) is 0 Å². The summed E-state index contributed by atoms with van der Waals surface area (Å²) < 4.78 is 3.04. The molecule has 23 heavy (non-hydrogen) atoms. The molecule has 4 heteroatoms. The van der Waals surface area contributed by atoms with Gasteiger partial charge in [-0.1, -0.05) is 72.5 Å². The van der Waals surface area contributed by atoms with E-state index in [4.69, 9.17) is 0 Å². The van der Waals surface area contributed by atoms with Crippen LogP contribution >= 0.6 is 47.0 Å². The van der Waals surface area contributed by atoms with E-state index in [-0.39, 0.29) is 0 Å². The molecule has 0 amide bonds. The van der Waals surface area contributed by atoms with Crippen molar-refractivity contribution in [3.8, 4) is 0 Å². The smallest absolute Gasteiger partial charge is 0.0366 e. The van der Waals surface area contributed by atoms with E-state index in [9.17, 15) is 0 Å². The molecule has 0 nitrogen and oxygen atoms in total. The van der Waals surface area contributed by atoms with Crippen LogP contribution in [0.2, 0.25) is 0 Å². The topological polar surface area (TPSA) is 0 Å². The number of unbranched alkanes of at least 4 members (excludes halogenated alkanes) is 3. The van der Waals surface area contributed by atoms with Gasteiger partial charge < -0.3 is 0 Å². The van der Waals surface area contributed by atoms with Crippen molar-refractivity contribution >= 4 is 47.0 Å². The molecule has 0 aromatic heterocycles. The van der Waals surface area contributed by atoms with E-state index in [1.165, 1.54) is 63.6 Å². The molecule has 0 fully saturated rings. The molecule has 0 saturated heterocycles. The Morgan fingerprint density at radius 2 is 1.09 bits per heavy atom. The van der Waals surface area contributed by atoms with Crippen LogP contribution in [0.3, 0.4) is 0 Å². The lowest BCUT2D eigenvalue weighted by Crippen LogP contribution is -1.96. The summed E-state index contributed by atoms with van der Waals surface area (Å²) in [6, 6.07) is 0. The molecule has 0 bridgehead atoms. The van der Waals surface area contributed by atoms with Gasteiger partial charge in [0.15, 0.2) is 0 Å². The van der Waals surface area contributed by atoms with Crippen molar-refractivity contribution in [3.63, 3.8) is 0 Å². The van der Waals surface area contributed by atoms with Crippen LogP contribution in [-0.2, 0) is 0 Å². The highest BCUT2D eigenvalue weighted by molar-refractivity contribution is 8.22. The number of hydrogen-bond donors (Lipinski definition) is 0. The Labute approximate surface area is 162 Å². The molecular weight excluding hydrogens is 356 g/mol. The second kappa shape index (κ2) is 17.7. The first-order valence-electron chi connectivity index (χ1n) is 9.16. The number of rotatable bonds is 15. The molecule has 0 aliphatic rings. The van der Waals surface area contributed by atoms with Gasteiger partial charge in [-0.3, -0.25) is 0 Å². The zero-order valence-electron chi connectivity index (χ0n) is 15.7. The van der Waals surface area contributed by atoms with Crippen LogP contribution in [0.25, 0.3) is 0 Å². The predicted octanol–water partition coefficient (Wildman–Crippen LogP) is 8.27. The molecule has 0 aromatic carbocycles. The lowest BCUT2D eigenvalue weighted by atomic mass is 10.0. The van der Waals surface area contributed by atoms with Gasteiger partial charge in [0.25, 0.3) is 0 Å². The summed E-state index contributed by atoms with van der Waals surface area (Å²) in [6.45, 7) is 11.3. The van der Waals surface area contributed by atoms with Crippen molar-refractivity contribution in [2.24, 2.45) is 5.92 Å². The molecule has 0 aliphatic heterocycles. The fraction of sp³-hybridized carbons (Fsp3) is 0.789. The average molecular weight is 393 g/mol. The zero-order valence-corrected chi connectivity index (χ0v) is 19.0. The quantitative estimate of drug-likeness (QED) is 0.257. The van der Waals surface area contributed by atoms with E-state index in [2.05, 4.69) is 46.8 Å². The maximum absolute atomic E-state index is 2.54. The van der Waals surface area contributed by atoms with Gasteiger partial charge in [0.2, 0.25) is 0 Å². The van der Waals surface area contributed by atoms with Gasteiger partial charge in [-0.15, -0.1) is 47.0 Å². The monoisotopic (exact) mass is 392 g/mol. The van der Waals surface area contributed by atoms with Gasteiger partial charge >= 0.3 is 0 Å². The highest BCUT2D eigenvalue weighted by Gasteiger charge is 2.08. The minimum atomic E-state index is 0.605. The summed E-state index contributed by atoms with van der Waals surface area (Å²) in [5, 5.41) is 0. The minimum Gasteiger partial charge on any atom is -0.120 e. The van der Waals surface area contributed by atoms with Gasteiger partial charge in [-0.05, 0) is 35.4 Å². The maximum atomic E-state index is 2.54. The number of allylic oxidation sites excluding steroid dienone is 2. The molecule has 0 saturated carbocycles. The summed E-state index contributed by atoms with van der Waals surface area (Å²) in [5.74, 6) is 5.29. The van der Waals surface area contributed by atoms with Crippen molar-refractivity contribution in [2.75, 3.05) is 23.0 Å². The first-order chi connectivity index (χ1) is 11.2. The Morgan fingerprint density at radius 1 is 0.652 bits per heavy atom. The van der Waals surface area contributed by atoms with Crippen LogP contribution in [0.1, 0.15) is 66.7 Å². The van der Waals surface area contributed by atoms with E-state index in [1.54, 1.807) is 0 Å². The summed E-state index contributed by atoms with van der Waals surface area (Å²) in [7, 11) is 0. The summed E-state index contributed by atoms with van der Waals surface area (Å²) in [4.78, 5) is 0. The third-order valence-corrected chi connectivity index (χ3v) is 7.49. The van der Waals surface area contributed by atoms with Crippen LogP contribution in [-0.4, -0.2) is 23.0 Å². The molecule has 0 aliphatic carbocycles. The molecular formula is C19H36S4. The summed E-state index contributed by atoms with van der Waals surface area (Å²) in [5.41, 5.74) is 0. The molecule has 0 aromatic rings. The second-order valence-corrected chi connectivity index (χ2v) is 11.0. The Bertz CT molecular complexity index is 281. The highest BCUT2D eigenvalue weighted by Crippen LogP contribution is 2.34. The van der Waals surface area contributed by atoms with Crippen molar-refractivity contribution in [3.05, 3.63) is 20.6 Å². The number of thioether (sulfide) groups is 4. The lowest BCUT2D eigenvalue weighted by Gasteiger charge is -2.14. The van der Waals surface area contributed by atoms with E-state index in [0.29, 0.717) is 5.92 Å². The van der Waals surface area contributed by atoms with E-state index >= 15 is 0 Å². The molecule has 0 N–H and O–H groups in total. The summed E-state index contributed by atoms with van der Waals surface area (Å²) >= 11 is 8.03. The Hall–Kier alpha value is 0.880. The van der Waals surface area contributed by atoms with Crippen molar-refractivity contribution in [2.45, 2.75) is 66.7 Å². The molecule has 0 atom stereocenters. The number of hydrogen-bond acceptors (Lipinski definition) is 4. The molecule has 0 unspecified atom stereocenters. The predicted molar refractivity (Wildman–Crippen MR) is 121 cm³/mol. The van der Waals surface area contributed by atoms with Crippen molar-refractivity contribution in [1.82, 2.24) is 0 Å². The molecule has 0 heterocycles. The van der Waals surface area contributed by atoms with Crippen LogP contribution in [0.5, 0.6) is 0 Å². The normalized spacial score (nSPS) is 10.9. The average Bonchev–Trinajstić information content (AvgIpc) is 2.52. The summed E-state index contributed by atoms with van der Waals surface area (Å²) in [6.07, 6.45) is 11.8. The SMILES string of the molecule is CCCCCCC(C=C(SCC)SCC)C=C(SCC)SCC. The van der Waals surface area contributed by atoms with Crippen LogP contribution in [0.15, 0.2) is 20.6 Å². The van der Waals surface area contributed by atoms with Gasteiger partial charge in [0, 0.05) is 8.47 Å². The van der Waals surface area contributed by atoms with Gasteiger partial charge in [0.05, 0.1) is 0 Å². The highest BCUT2D eigenvalue weighted by atomic mass is 32.2. The standard InChI is InChI=1S/C19H36S4/c1-6-11-12-13-14-17(15-18(20-7-2)21-8-3)16-19(22-9-4)23-10-5/h15-17H,6-14H2,1-5H3. The Kier molecular flexibility index (Phi) is 18.4. The molecule has 0 spiro atoms. The van der Waals surface area contributed by atoms with Crippen LogP contribution in [0, 0.1) is 5.92 Å². The largest absolute Gasteiger partial charge is 0.120 e. The maximum Gasteiger partial charge on any atom is 0.0366 e. The zero-order chi connectivity index (χ0) is 17.3. The lowest BCUT2D eigenvalue weighted by molar-refractivity contribution is 0.590. The molecule has 136 valence electrons. The Balaban J connectivity index is 5.00. The molecule has 0 rings (SSSR count). The molecule has 0 radical (unpaired) electrons.